The van der Waals surface area contributed by atoms with Crippen LogP contribution in [0.15, 0.2) is 24.3 Å². The molecule has 0 amide bonds. The van der Waals surface area contributed by atoms with Crippen LogP contribution in [0.5, 0.6) is 0 Å². The molecule has 3 aliphatic rings. The molecule has 0 aromatic carbocycles. The number of allylic oxidation sites excluding steroid dienone is 2. The summed E-state index contributed by atoms with van der Waals surface area (Å²) in [7, 11) is 4.85. The fraction of sp³-hybridized carbons (Fsp3) is 0.791. The Morgan fingerprint density at radius 3 is 2.22 bits per heavy atom. The third-order valence-corrected chi connectivity index (χ3v) is 11.1. The molecule has 16 atom stereocenters. The minimum absolute atomic E-state index is 0.0645. The molecule has 0 unspecified atom stereocenters. The molecule has 0 aromatic heterocycles. The van der Waals surface area contributed by atoms with Gasteiger partial charge in [0.2, 0.25) is 0 Å². The zero-order valence-corrected chi connectivity index (χ0v) is 37.1. The second kappa shape index (κ2) is 23.8. The molecule has 3 rings (SSSR count). The van der Waals surface area contributed by atoms with E-state index in [9.17, 15) is 34.2 Å². The molecule has 3 aliphatic heterocycles. The van der Waals surface area contributed by atoms with Gasteiger partial charge in [-0.3, -0.25) is 19.2 Å². The zero-order valence-electron chi connectivity index (χ0n) is 37.1. The lowest BCUT2D eigenvalue weighted by Gasteiger charge is -2.51. The van der Waals surface area contributed by atoms with Crippen LogP contribution in [-0.2, 0) is 66.6 Å². The van der Waals surface area contributed by atoms with E-state index >= 15 is 0 Å². The SMILES string of the molecule is CCCC(=O)O[C@H]1[C@H](C)O[C@@H](O[C@H]2[C@H](N(C)C)[C@@H](OC(C)=O)[C@H](O[C@H]3[C@@H](CC=O)C[C@@H](C)[C@@H](OC(C)=O)/C=C/C=C/C[C@@H](C)OC(=O)C[C@@H](O)[C@@H]3OC)O[C@@H]2C)C[C@@]1(C)O. The molecule has 3 heterocycles. The molecule has 0 aromatic rings. The van der Waals surface area contributed by atoms with Crippen molar-refractivity contribution < 1.29 is 76.8 Å². The third-order valence-electron chi connectivity index (χ3n) is 11.1. The number of carbonyl (C=O) groups excluding carboxylic acids is 5. The molecule has 0 aliphatic carbocycles. The second-order valence-corrected chi connectivity index (χ2v) is 16.7. The number of aldehydes is 1. The minimum atomic E-state index is -1.52. The number of hydrogen-bond acceptors (Lipinski definition) is 17. The summed E-state index contributed by atoms with van der Waals surface area (Å²) in [5, 5.41) is 23.1. The van der Waals surface area contributed by atoms with E-state index in [0.717, 1.165) is 0 Å². The number of rotatable bonds is 13. The summed E-state index contributed by atoms with van der Waals surface area (Å²) in [4.78, 5) is 64.7. The highest BCUT2D eigenvalue weighted by molar-refractivity contribution is 5.70. The molecule has 2 saturated heterocycles. The smallest absolute Gasteiger partial charge is 0.308 e. The lowest BCUT2D eigenvalue weighted by molar-refractivity contribution is -0.345. The van der Waals surface area contributed by atoms with Gasteiger partial charge in [-0.2, -0.15) is 0 Å². The Balaban J connectivity index is 2.06. The highest BCUT2D eigenvalue weighted by Crippen LogP contribution is 2.38. The summed E-state index contributed by atoms with van der Waals surface area (Å²) >= 11 is 0. The van der Waals surface area contributed by atoms with E-state index in [4.69, 9.17) is 42.6 Å². The summed E-state index contributed by atoms with van der Waals surface area (Å²) in [6, 6.07) is -0.768. The molecule has 0 saturated carbocycles. The Morgan fingerprint density at radius 2 is 1.63 bits per heavy atom. The van der Waals surface area contributed by atoms with Gasteiger partial charge in [0.1, 0.15) is 36.3 Å². The van der Waals surface area contributed by atoms with Gasteiger partial charge >= 0.3 is 23.9 Å². The van der Waals surface area contributed by atoms with Crippen LogP contribution in [0.3, 0.4) is 0 Å². The van der Waals surface area contributed by atoms with E-state index in [1.54, 1.807) is 71.0 Å². The van der Waals surface area contributed by atoms with Crippen LogP contribution in [0.25, 0.3) is 0 Å². The number of carbonyl (C=O) groups is 5. The van der Waals surface area contributed by atoms with Crippen LogP contribution in [0.2, 0.25) is 0 Å². The summed E-state index contributed by atoms with van der Waals surface area (Å²) < 4.78 is 54.7. The van der Waals surface area contributed by atoms with Gasteiger partial charge in [0.05, 0.1) is 36.9 Å². The molecule has 0 radical (unpaired) electrons. The first-order chi connectivity index (χ1) is 28.2. The van der Waals surface area contributed by atoms with Crippen molar-refractivity contribution in [3.63, 3.8) is 0 Å². The summed E-state index contributed by atoms with van der Waals surface area (Å²) in [6.07, 6.45) is -3.60. The first-order valence-electron chi connectivity index (χ1n) is 20.9. The van der Waals surface area contributed by atoms with Gasteiger partial charge in [0, 0.05) is 46.6 Å². The maximum atomic E-state index is 13.1. The van der Waals surface area contributed by atoms with Gasteiger partial charge in [-0.1, -0.05) is 32.1 Å². The third kappa shape index (κ3) is 14.7. The minimum Gasteiger partial charge on any atom is -0.462 e. The monoisotopic (exact) mass is 855 g/mol. The maximum Gasteiger partial charge on any atom is 0.308 e. The van der Waals surface area contributed by atoms with Crippen LogP contribution in [0.4, 0.5) is 0 Å². The van der Waals surface area contributed by atoms with Crippen molar-refractivity contribution in [3.8, 4) is 0 Å². The predicted octanol–water partition coefficient (Wildman–Crippen LogP) is 3.34. The summed E-state index contributed by atoms with van der Waals surface area (Å²) in [5.74, 6) is -3.43. The number of hydrogen-bond donors (Lipinski definition) is 2. The van der Waals surface area contributed by atoms with Crippen LogP contribution in [-0.4, -0.2) is 152 Å². The Kier molecular flexibility index (Phi) is 20.3. The number of methoxy groups -OCH3 is 1. The molecule has 60 heavy (non-hydrogen) atoms. The number of aliphatic hydroxyl groups is 2. The molecule has 2 N–H and O–H groups in total. The van der Waals surface area contributed by atoms with Crippen molar-refractivity contribution in [2.24, 2.45) is 11.8 Å². The normalized spacial score (nSPS) is 39.5. The Morgan fingerprint density at radius 1 is 0.950 bits per heavy atom. The first-order valence-corrected chi connectivity index (χ1v) is 20.9. The molecule has 17 nitrogen and oxygen atoms in total. The molecule has 17 heteroatoms. The number of cyclic esters (lactones) is 1. The first kappa shape index (κ1) is 51.1. The lowest BCUT2D eigenvalue weighted by atomic mass is 9.82. The highest BCUT2D eigenvalue weighted by Gasteiger charge is 2.54. The lowest BCUT2D eigenvalue weighted by Crippen LogP contribution is -2.66. The van der Waals surface area contributed by atoms with Crippen molar-refractivity contribution in [1.29, 1.82) is 0 Å². The molecular formula is C43H69NO16. The molecule has 342 valence electrons. The van der Waals surface area contributed by atoms with Crippen molar-refractivity contribution in [1.82, 2.24) is 4.90 Å². The van der Waals surface area contributed by atoms with Gasteiger partial charge in [-0.25, -0.2) is 0 Å². The van der Waals surface area contributed by atoms with E-state index in [0.29, 0.717) is 19.1 Å². The quantitative estimate of drug-likeness (QED) is 0.155. The van der Waals surface area contributed by atoms with Crippen LogP contribution < -0.4 is 0 Å². The second-order valence-electron chi connectivity index (χ2n) is 16.7. The largest absolute Gasteiger partial charge is 0.462 e. The van der Waals surface area contributed by atoms with Gasteiger partial charge < -0.3 is 62.5 Å². The fourth-order valence-corrected chi connectivity index (χ4v) is 8.29. The van der Waals surface area contributed by atoms with Gasteiger partial charge in [0.15, 0.2) is 24.8 Å². The predicted molar refractivity (Wildman–Crippen MR) is 215 cm³/mol. The van der Waals surface area contributed by atoms with E-state index in [1.807, 2.05) is 13.8 Å². The number of nitrogens with zero attached hydrogens (tertiary/aromatic N) is 1. The van der Waals surface area contributed by atoms with E-state index < -0.39 is 127 Å². The average Bonchev–Trinajstić information content (AvgIpc) is 3.12. The molecule has 2 fully saturated rings. The van der Waals surface area contributed by atoms with Crippen LogP contribution in [0.1, 0.15) is 100 Å². The topological polar surface area (TPSA) is 212 Å². The summed E-state index contributed by atoms with van der Waals surface area (Å²) in [6.45, 7) is 12.9. The van der Waals surface area contributed by atoms with Gasteiger partial charge in [0.25, 0.3) is 0 Å². The number of aliphatic hydroxyl groups excluding tert-OH is 1. The average molecular weight is 856 g/mol. The molecule has 0 spiro atoms. The number of ether oxygens (including phenoxy) is 9. The molecular weight excluding hydrogens is 786 g/mol. The number of esters is 4. The zero-order chi connectivity index (χ0) is 44.9. The van der Waals surface area contributed by atoms with Crippen molar-refractivity contribution >= 4 is 30.2 Å². The van der Waals surface area contributed by atoms with Gasteiger partial charge in [-0.05, 0) is 72.5 Å². The van der Waals surface area contributed by atoms with E-state index in [2.05, 4.69) is 0 Å². The Bertz CT molecular complexity index is 1470. The van der Waals surface area contributed by atoms with Crippen molar-refractivity contribution in [2.45, 2.75) is 186 Å². The fourth-order valence-electron chi connectivity index (χ4n) is 8.29. The Hall–Kier alpha value is -3.29. The van der Waals surface area contributed by atoms with Crippen molar-refractivity contribution in [2.75, 3.05) is 21.2 Å². The Labute approximate surface area is 354 Å². The molecule has 0 bridgehead atoms. The van der Waals surface area contributed by atoms with E-state index in [-0.39, 0.29) is 25.7 Å². The maximum absolute atomic E-state index is 13.1. The highest BCUT2D eigenvalue weighted by atomic mass is 16.7. The van der Waals surface area contributed by atoms with Crippen LogP contribution in [0, 0.1) is 11.8 Å². The standard InChI is InChI=1S/C43H69NO16/c1-12-16-33(49)58-41-27(5)54-35(23-43(41,8)51)59-37-26(4)55-42(40(57-29(7)47)36(37)44(9)10)60-38-30(19-20-45)21-24(2)32(56-28(6)46)18-15-13-14-17-25(3)53-34(50)22-31(48)39(38)52-11/h13-15,18,20,24-27,30-32,35-42,48,51H,12,16-17,19,21-23H2,1-11H3/b14-13+,18-15+/t24-,25-,26-,27+,30+,31-,32+,35+,36+,37-,38+,39+,40-,41+,42+,43-/m1/s1. The van der Waals surface area contributed by atoms with Crippen LogP contribution >= 0.6 is 0 Å². The van der Waals surface area contributed by atoms with E-state index in [1.165, 1.54) is 21.0 Å². The number of likely N-dealkylation sites (N-methyl/N-ethyl adjacent to an activating group) is 1. The summed E-state index contributed by atoms with van der Waals surface area (Å²) in [5.41, 5.74) is -1.52. The van der Waals surface area contributed by atoms with Gasteiger partial charge in [-0.15, -0.1) is 0 Å². The van der Waals surface area contributed by atoms with Crippen molar-refractivity contribution in [3.05, 3.63) is 24.3 Å².